The Kier molecular flexibility index (Phi) is 6.20. The summed E-state index contributed by atoms with van der Waals surface area (Å²) in [4.78, 5) is 46.4. The van der Waals surface area contributed by atoms with Gasteiger partial charge in [0.05, 0.1) is 28.9 Å². The van der Waals surface area contributed by atoms with Crippen molar-refractivity contribution in [1.82, 2.24) is 29.0 Å². The maximum atomic E-state index is 13.9. The van der Waals surface area contributed by atoms with Crippen LogP contribution in [0.5, 0.6) is 0 Å². The molecule has 5 heterocycles. The second-order valence-corrected chi connectivity index (χ2v) is 13.6. The van der Waals surface area contributed by atoms with Gasteiger partial charge in [-0.15, -0.1) is 0 Å². The highest BCUT2D eigenvalue weighted by atomic mass is 16.4. The molecule has 2 aliphatic carbocycles. The second kappa shape index (κ2) is 9.65. The topological polar surface area (TPSA) is 113 Å². The van der Waals surface area contributed by atoms with E-state index < -0.39 is 11.6 Å². The third kappa shape index (κ3) is 4.49. The van der Waals surface area contributed by atoms with E-state index in [4.69, 9.17) is 10.1 Å². The maximum Gasteiger partial charge on any atom is 0.408 e. The number of piperidine rings is 1. The molecule has 10 heteroatoms. The van der Waals surface area contributed by atoms with Gasteiger partial charge in [-0.1, -0.05) is 0 Å². The fourth-order valence-electron chi connectivity index (χ4n) is 7.42. The van der Waals surface area contributed by atoms with E-state index in [0.717, 1.165) is 52.9 Å². The first-order valence-electron chi connectivity index (χ1n) is 15.3. The van der Waals surface area contributed by atoms with Crippen LogP contribution >= 0.6 is 0 Å². The molecule has 1 N–H and O–H groups in total. The summed E-state index contributed by atoms with van der Waals surface area (Å²) in [6.07, 6.45) is 4.96. The van der Waals surface area contributed by atoms with Crippen LogP contribution < -0.4 is 0 Å². The zero-order valence-corrected chi connectivity index (χ0v) is 25.4. The number of carbonyl (C=O) groups excluding carboxylic acids is 2. The molecule has 3 fully saturated rings. The number of ketones is 1. The molecule has 4 aromatic heterocycles. The number of aromatic nitrogens is 4. The van der Waals surface area contributed by atoms with Crippen LogP contribution in [0.2, 0.25) is 0 Å². The lowest BCUT2D eigenvalue weighted by molar-refractivity contribution is 0.0503. The molecule has 7 rings (SSSR count). The highest BCUT2D eigenvalue weighted by molar-refractivity contribution is 5.96. The molecule has 43 heavy (non-hydrogen) atoms. The molecule has 2 saturated carbocycles. The number of nitrogens with zero attached hydrogens (tertiary/aromatic N) is 6. The molecule has 0 radical (unpaired) electrons. The van der Waals surface area contributed by atoms with Crippen LogP contribution in [0.15, 0.2) is 36.5 Å². The molecule has 3 aliphatic rings. The van der Waals surface area contributed by atoms with E-state index in [-0.39, 0.29) is 29.7 Å². The van der Waals surface area contributed by atoms with Gasteiger partial charge in [0, 0.05) is 42.7 Å². The second-order valence-electron chi connectivity index (χ2n) is 13.6. The highest BCUT2D eigenvalue weighted by Gasteiger charge is 2.54. The summed E-state index contributed by atoms with van der Waals surface area (Å²) in [7, 11) is 0. The lowest BCUT2D eigenvalue weighted by Gasteiger charge is -2.40. The molecule has 1 saturated heterocycles. The number of pyridine rings is 2. The number of rotatable bonds is 6. The van der Waals surface area contributed by atoms with Gasteiger partial charge in [-0.25, -0.2) is 14.3 Å². The van der Waals surface area contributed by atoms with Crippen LogP contribution in [-0.4, -0.2) is 76.0 Å². The van der Waals surface area contributed by atoms with Crippen LogP contribution in [0.1, 0.15) is 79.8 Å². The number of Topliss-reactive ketones (excluding diaryl/α,β-unsaturated/α-hetero) is 1. The van der Waals surface area contributed by atoms with Crippen molar-refractivity contribution in [2.45, 2.75) is 84.5 Å². The Labute approximate surface area is 250 Å². The first-order valence-corrected chi connectivity index (χ1v) is 15.3. The van der Waals surface area contributed by atoms with Crippen molar-refractivity contribution >= 4 is 34.3 Å². The van der Waals surface area contributed by atoms with Gasteiger partial charge in [-0.05, 0) is 95.5 Å². The number of amides is 2. The standard InChI is InChI=1S/C33H38N6O4/c1-18-25-12-10-23(31(41)37-16-22-9-13-26(37)29(22)39(32(42)43)33(3,4)5)17-38(25)35-28(18)27-14-21-8-11-24(19(2)40)34-30(21)36(27)15-20-6-7-20/h8,10-12,14,17,20,22,26,29H,6-7,9,13,15-16H2,1-5H3,(H,42,43)/t22?,26?,29-/m1/s1. The summed E-state index contributed by atoms with van der Waals surface area (Å²) < 4.78 is 3.99. The quantitative estimate of drug-likeness (QED) is 0.294. The molecule has 4 aromatic rings. The summed E-state index contributed by atoms with van der Waals surface area (Å²) in [5.41, 5.74) is 4.95. The van der Waals surface area contributed by atoms with Crippen LogP contribution in [0.25, 0.3) is 27.9 Å². The predicted octanol–water partition coefficient (Wildman–Crippen LogP) is 5.65. The lowest BCUT2D eigenvalue weighted by atomic mass is 9.98. The molecule has 10 nitrogen and oxygen atoms in total. The first-order chi connectivity index (χ1) is 20.4. The molecule has 2 bridgehead atoms. The van der Waals surface area contributed by atoms with E-state index in [2.05, 4.69) is 10.6 Å². The Balaban J connectivity index is 1.24. The molecule has 0 aromatic carbocycles. The molecule has 3 atom stereocenters. The van der Waals surface area contributed by atoms with Crippen LogP contribution in [0, 0.1) is 18.8 Å². The summed E-state index contributed by atoms with van der Waals surface area (Å²) in [6, 6.07) is 9.30. The maximum absolute atomic E-state index is 13.9. The van der Waals surface area contributed by atoms with Crippen molar-refractivity contribution in [1.29, 1.82) is 0 Å². The average molecular weight is 583 g/mol. The van der Waals surface area contributed by atoms with Gasteiger partial charge in [0.15, 0.2) is 5.78 Å². The van der Waals surface area contributed by atoms with Crippen molar-refractivity contribution in [3.05, 3.63) is 53.3 Å². The van der Waals surface area contributed by atoms with Crippen LogP contribution in [0.4, 0.5) is 4.79 Å². The first kappa shape index (κ1) is 27.6. The number of fused-ring (bicyclic) bond motifs is 4. The van der Waals surface area contributed by atoms with Gasteiger partial charge >= 0.3 is 6.09 Å². The molecular weight excluding hydrogens is 544 g/mol. The average Bonchev–Trinajstić information content (AvgIpc) is 3.28. The molecular formula is C33H38N6O4. The summed E-state index contributed by atoms with van der Waals surface area (Å²) in [5.74, 6) is 0.581. The number of carbonyl (C=O) groups is 3. The molecule has 0 spiro atoms. The predicted molar refractivity (Wildman–Crippen MR) is 162 cm³/mol. The largest absolute Gasteiger partial charge is 0.465 e. The van der Waals surface area contributed by atoms with E-state index in [1.165, 1.54) is 19.8 Å². The number of hydrogen-bond acceptors (Lipinski definition) is 5. The van der Waals surface area contributed by atoms with E-state index >= 15 is 0 Å². The Morgan fingerprint density at radius 2 is 1.84 bits per heavy atom. The SMILES string of the molecule is CC(=O)c1ccc2cc(-c3nn4cc(C(=O)N5CC6CCC5[C@@H]6N(C(=O)O)C(C)(C)C)ccc4c3C)n(CC3CC3)c2n1. The van der Waals surface area contributed by atoms with Crippen LogP contribution in [0.3, 0.4) is 0 Å². The summed E-state index contributed by atoms with van der Waals surface area (Å²) >= 11 is 0. The number of likely N-dealkylation sites (tertiary alicyclic amines) is 1. The molecule has 1 aliphatic heterocycles. The smallest absolute Gasteiger partial charge is 0.408 e. The minimum Gasteiger partial charge on any atom is -0.465 e. The van der Waals surface area contributed by atoms with Gasteiger partial charge in [-0.3, -0.25) is 14.5 Å². The van der Waals surface area contributed by atoms with E-state index in [0.29, 0.717) is 23.7 Å². The number of hydrogen-bond donors (Lipinski definition) is 1. The van der Waals surface area contributed by atoms with Gasteiger partial charge in [-0.2, -0.15) is 5.10 Å². The fourth-order valence-corrected chi connectivity index (χ4v) is 7.42. The Morgan fingerprint density at radius 1 is 1.07 bits per heavy atom. The van der Waals surface area contributed by atoms with Gasteiger partial charge in [0.25, 0.3) is 5.91 Å². The van der Waals surface area contributed by atoms with E-state index in [1.807, 2.05) is 50.8 Å². The van der Waals surface area contributed by atoms with Crippen molar-refractivity contribution < 1.29 is 19.5 Å². The minimum absolute atomic E-state index is 0.0599. The Hall–Kier alpha value is -4.21. The van der Waals surface area contributed by atoms with E-state index in [9.17, 15) is 19.5 Å². The van der Waals surface area contributed by atoms with Crippen molar-refractivity contribution in [2.75, 3.05) is 6.54 Å². The lowest BCUT2D eigenvalue weighted by Crippen LogP contribution is -2.55. The zero-order valence-electron chi connectivity index (χ0n) is 25.4. The van der Waals surface area contributed by atoms with Crippen molar-refractivity contribution in [3.8, 4) is 11.4 Å². The third-order valence-electron chi connectivity index (χ3n) is 9.64. The zero-order chi connectivity index (χ0) is 30.4. The molecule has 2 unspecified atom stereocenters. The third-order valence-corrected chi connectivity index (χ3v) is 9.64. The van der Waals surface area contributed by atoms with Crippen molar-refractivity contribution in [3.63, 3.8) is 0 Å². The highest BCUT2D eigenvalue weighted by Crippen LogP contribution is 2.44. The summed E-state index contributed by atoms with van der Waals surface area (Å²) in [5, 5.41) is 16.0. The molecule has 224 valence electrons. The van der Waals surface area contributed by atoms with Gasteiger partial charge < -0.3 is 14.6 Å². The van der Waals surface area contributed by atoms with Crippen molar-refractivity contribution in [2.24, 2.45) is 11.8 Å². The van der Waals surface area contributed by atoms with E-state index in [1.54, 1.807) is 21.7 Å². The normalized spacial score (nSPS) is 21.7. The monoisotopic (exact) mass is 582 g/mol. The Bertz CT molecular complexity index is 1810. The van der Waals surface area contributed by atoms with Gasteiger partial charge in [0.1, 0.15) is 17.0 Å². The fraction of sp³-hybridized carbons (Fsp3) is 0.485. The van der Waals surface area contributed by atoms with Gasteiger partial charge in [0.2, 0.25) is 0 Å². The Morgan fingerprint density at radius 3 is 2.51 bits per heavy atom. The van der Waals surface area contributed by atoms with Crippen LogP contribution in [-0.2, 0) is 6.54 Å². The summed E-state index contributed by atoms with van der Waals surface area (Å²) in [6.45, 7) is 10.7. The minimum atomic E-state index is -0.934. The number of carboxylic acid groups (broad SMARTS) is 1. The number of aryl methyl sites for hydroxylation is 1. The molecule has 2 amide bonds.